The smallest absolute Gasteiger partial charge is 0.328 e. The Labute approximate surface area is 218 Å². The molecule has 3 aromatic rings. The zero-order chi connectivity index (χ0) is 25.4. The van der Waals surface area contributed by atoms with Crippen molar-refractivity contribution in [1.29, 1.82) is 0 Å². The van der Waals surface area contributed by atoms with Crippen LogP contribution in [0, 0.1) is 17.8 Å². The van der Waals surface area contributed by atoms with Gasteiger partial charge in [-0.15, -0.1) is 0 Å². The molecule has 4 bridgehead atoms. The number of aliphatic carboxylic acids is 1. The minimum atomic E-state index is -0.957. The van der Waals surface area contributed by atoms with Gasteiger partial charge in [0.1, 0.15) is 18.1 Å². The molecule has 0 amide bonds. The van der Waals surface area contributed by atoms with Crippen LogP contribution in [0.15, 0.2) is 72.8 Å². The van der Waals surface area contributed by atoms with Crippen LogP contribution >= 0.6 is 0 Å². The van der Waals surface area contributed by atoms with E-state index in [9.17, 15) is 4.79 Å². The van der Waals surface area contributed by atoms with E-state index in [0.717, 1.165) is 45.9 Å². The topological polar surface area (TPSA) is 55.8 Å². The number of carboxylic acid groups (broad SMARTS) is 1. The number of methoxy groups -OCH3 is 1. The Kier molecular flexibility index (Phi) is 6.27. The Morgan fingerprint density at radius 2 is 1.59 bits per heavy atom. The lowest BCUT2D eigenvalue weighted by atomic mass is 9.48. The molecule has 0 atom stereocenters. The molecule has 0 aromatic heterocycles. The predicted molar refractivity (Wildman–Crippen MR) is 146 cm³/mol. The van der Waals surface area contributed by atoms with Crippen LogP contribution in [-0.2, 0) is 16.8 Å². The van der Waals surface area contributed by atoms with Crippen LogP contribution < -0.4 is 9.47 Å². The molecule has 0 aliphatic heterocycles. The number of ether oxygens (including phenoxy) is 2. The standard InChI is InChI=1S/C33H34O4/c1-36-30-10-7-22(8-12-32(34)35)16-28(30)27-9-11-31(37-21-23-5-3-2-4-6-23)29(17-27)33-18-24-13-25(19-33)15-26(14-24)20-33/h2-12,16-17,24-26H,13-15,18-21H2,1H3,(H,34,35). The molecule has 3 aromatic carbocycles. The van der Waals surface area contributed by atoms with Crippen LogP contribution in [0.4, 0.5) is 0 Å². The molecule has 4 aliphatic carbocycles. The summed E-state index contributed by atoms with van der Waals surface area (Å²) in [4.78, 5) is 11.1. The summed E-state index contributed by atoms with van der Waals surface area (Å²) in [6.07, 6.45) is 10.7. The SMILES string of the molecule is COc1ccc(C=CC(=O)O)cc1-c1ccc(OCc2ccccc2)c(C23CC4CC(CC(C4)C2)C3)c1. The number of hydrogen-bond acceptors (Lipinski definition) is 3. The summed E-state index contributed by atoms with van der Waals surface area (Å²) >= 11 is 0. The molecule has 4 saturated carbocycles. The molecule has 0 radical (unpaired) electrons. The molecular formula is C33H34O4. The highest BCUT2D eigenvalue weighted by atomic mass is 16.5. The zero-order valence-electron chi connectivity index (χ0n) is 21.4. The molecule has 0 heterocycles. The average Bonchev–Trinajstić information content (AvgIpc) is 2.90. The predicted octanol–water partition coefficient (Wildman–Crippen LogP) is 7.51. The first-order valence-electron chi connectivity index (χ1n) is 13.4. The quantitative estimate of drug-likeness (QED) is 0.329. The molecule has 7 rings (SSSR count). The summed E-state index contributed by atoms with van der Waals surface area (Å²) in [5.74, 6) is 3.31. The van der Waals surface area contributed by atoms with E-state index < -0.39 is 5.97 Å². The summed E-state index contributed by atoms with van der Waals surface area (Å²) in [6, 6.07) is 22.8. The molecule has 0 saturated heterocycles. The van der Waals surface area contributed by atoms with E-state index in [-0.39, 0.29) is 5.41 Å². The molecule has 4 heteroatoms. The maximum absolute atomic E-state index is 11.1. The van der Waals surface area contributed by atoms with Crippen LogP contribution in [0.1, 0.15) is 55.2 Å². The first-order valence-corrected chi connectivity index (χ1v) is 13.4. The summed E-state index contributed by atoms with van der Waals surface area (Å²) < 4.78 is 12.3. The van der Waals surface area contributed by atoms with Crippen LogP contribution in [0.25, 0.3) is 17.2 Å². The highest BCUT2D eigenvalue weighted by Gasteiger charge is 2.52. The largest absolute Gasteiger partial charge is 0.496 e. The van der Waals surface area contributed by atoms with Gasteiger partial charge >= 0.3 is 5.97 Å². The summed E-state index contributed by atoms with van der Waals surface area (Å²) in [7, 11) is 1.68. The van der Waals surface area contributed by atoms with Gasteiger partial charge in [-0.2, -0.15) is 0 Å². The van der Waals surface area contributed by atoms with Gasteiger partial charge in [0.25, 0.3) is 0 Å². The molecule has 37 heavy (non-hydrogen) atoms. The van der Waals surface area contributed by atoms with Crippen molar-refractivity contribution in [2.75, 3.05) is 7.11 Å². The highest BCUT2D eigenvalue weighted by Crippen LogP contribution is 2.62. The molecule has 4 aliphatic rings. The molecule has 0 spiro atoms. The van der Waals surface area contributed by atoms with E-state index >= 15 is 0 Å². The number of carboxylic acids is 1. The van der Waals surface area contributed by atoms with Crippen molar-refractivity contribution in [2.24, 2.45) is 17.8 Å². The average molecular weight is 495 g/mol. The molecule has 4 fully saturated rings. The zero-order valence-corrected chi connectivity index (χ0v) is 21.4. The van der Waals surface area contributed by atoms with Gasteiger partial charge in [-0.3, -0.25) is 0 Å². The van der Waals surface area contributed by atoms with E-state index in [4.69, 9.17) is 14.6 Å². The number of benzene rings is 3. The fraction of sp³-hybridized carbons (Fsp3) is 0.364. The van der Waals surface area contributed by atoms with Crippen molar-refractivity contribution in [1.82, 2.24) is 0 Å². The molecular weight excluding hydrogens is 460 g/mol. The van der Waals surface area contributed by atoms with Crippen molar-refractivity contribution < 1.29 is 19.4 Å². The van der Waals surface area contributed by atoms with Gasteiger partial charge in [-0.05, 0) is 109 Å². The fourth-order valence-corrected chi connectivity index (χ4v) is 7.64. The molecule has 0 unspecified atom stereocenters. The van der Waals surface area contributed by atoms with Crippen molar-refractivity contribution in [3.63, 3.8) is 0 Å². The van der Waals surface area contributed by atoms with E-state index in [1.807, 2.05) is 24.3 Å². The van der Waals surface area contributed by atoms with Crippen molar-refractivity contribution in [3.8, 4) is 22.6 Å². The van der Waals surface area contributed by atoms with Crippen LogP contribution in [0.2, 0.25) is 0 Å². The van der Waals surface area contributed by atoms with E-state index in [0.29, 0.717) is 6.61 Å². The number of carbonyl (C=O) groups is 1. The van der Waals surface area contributed by atoms with E-state index in [1.165, 1.54) is 55.7 Å². The fourth-order valence-electron chi connectivity index (χ4n) is 7.64. The summed E-state index contributed by atoms with van der Waals surface area (Å²) in [5.41, 5.74) is 5.57. The first kappa shape index (κ1) is 23.8. The van der Waals surface area contributed by atoms with Crippen molar-refractivity contribution in [3.05, 3.63) is 89.5 Å². The van der Waals surface area contributed by atoms with Gasteiger partial charge in [0.2, 0.25) is 0 Å². The Hall–Kier alpha value is -3.53. The van der Waals surface area contributed by atoms with Gasteiger partial charge in [-0.1, -0.05) is 42.5 Å². The van der Waals surface area contributed by atoms with Crippen molar-refractivity contribution in [2.45, 2.75) is 50.5 Å². The third kappa shape index (κ3) is 4.77. The minimum absolute atomic E-state index is 0.171. The van der Waals surface area contributed by atoms with Gasteiger partial charge in [0.05, 0.1) is 7.11 Å². The molecule has 4 nitrogen and oxygen atoms in total. The lowest BCUT2D eigenvalue weighted by molar-refractivity contribution is -0.131. The normalized spacial score (nSPS) is 25.9. The summed E-state index contributed by atoms with van der Waals surface area (Å²) in [6.45, 7) is 0.554. The monoisotopic (exact) mass is 494 g/mol. The maximum Gasteiger partial charge on any atom is 0.328 e. The second-order valence-corrected chi connectivity index (χ2v) is 11.3. The maximum atomic E-state index is 11.1. The number of hydrogen-bond donors (Lipinski definition) is 1. The van der Waals surface area contributed by atoms with Gasteiger partial charge < -0.3 is 14.6 Å². The molecule has 190 valence electrons. The Morgan fingerprint density at radius 1 is 0.919 bits per heavy atom. The summed E-state index contributed by atoms with van der Waals surface area (Å²) in [5, 5.41) is 9.09. The van der Waals surface area contributed by atoms with Crippen LogP contribution in [-0.4, -0.2) is 18.2 Å². The van der Waals surface area contributed by atoms with Crippen LogP contribution in [0.5, 0.6) is 11.5 Å². The van der Waals surface area contributed by atoms with Gasteiger partial charge in [0.15, 0.2) is 0 Å². The van der Waals surface area contributed by atoms with E-state index in [1.54, 1.807) is 13.2 Å². The van der Waals surface area contributed by atoms with Crippen molar-refractivity contribution >= 4 is 12.0 Å². The Morgan fingerprint density at radius 3 is 2.24 bits per heavy atom. The second kappa shape index (κ2) is 9.74. The van der Waals surface area contributed by atoms with Crippen LogP contribution in [0.3, 0.4) is 0 Å². The lowest BCUT2D eigenvalue weighted by Gasteiger charge is -2.57. The molecule has 1 N–H and O–H groups in total. The third-order valence-corrected chi connectivity index (χ3v) is 8.78. The first-order chi connectivity index (χ1) is 18.0. The number of rotatable bonds is 8. The van der Waals surface area contributed by atoms with Gasteiger partial charge in [0, 0.05) is 17.2 Å². The third-order valence-electron chi connectivity index (χ3n) is 8.78. The second-order valence-electron chi connectivity index (χ2n) is 11.3. The van der Waals surface area contributed by atoms with E-state index in [2.05, 4.69) is 42.5 Å². The Bertz CT molecular complexity index is 1290. The Balaban J connectivity index is 1.42. The lowest BCUT2D eigenvalue weighted by Crippen LogP contribution is -2.48. The highest BCUT2D eigenvalue weighted by molar-refractivity contribution is 5.86. The minimum Gasteiger partial charge on any atom is -0.496 e. The van der Waals surface area contributed by atoms with Gasteiger partial charge in [-0.25, -0.2) is 4.79 Å².